The molecule has 0 unspecified atom stereocenters. The molecular weight excluding hydrogens is 339 g/mol. The van der Waals surface area contributed by atoms with Crippen molar-refractivity contribution in [2.24, 2.45) is 0 Å². The van der Waals surface area contributed by atoms with Crippen molar-refractivity contribution in [3.63, 3.8) is 0 Å². The average Bonchev–Trinajstić information content (AvgIpc) is 2.55. The van der Waals surface area contributed by atoms with E-state index in [4.69, 9.17) is 4.52 Å². The van der Waals surface area contributed by atoms with Crippen molar-refractivity contribution < 1.29 is 14.1 Å². The molecule has 0 aromatic heterocycles. The van der Waals surface area contributed by atoms with E-state index in [2.05, 4.69) is 60.9 Å². The van der Waals surface area contributed by atoms with Gasteiger partial charge in [0.2, 0.25) is 0 Å². The van der Waals surface area contributed by atoms with E-state index >= 15 is 0 Å². The Hall–Kier alpha value is -0.750. The van der Waals surface area contributed by atoms with Crippen molar-refractivity contribution in [1.29, 1.82) is 0 Å². The molecule has 0 fully saturated rings. The molecule has 0 aliphatic rings. The fraction of sp³-hybridized carbons (Fsp3) is 0.882. The van der Waals surface area contributed by atoms with Gasteiger partial charge in [0.25, 0.3) is 0 Å². The minimum absolute atomic E-state index is 0.118. The van der Waals surface area contributed by atoms with Crippen LogP contribution in [0.4, 0.5) is 0 Å². The second-order valence-electron chi connectivity index (χ2n) is 5.96. The molecule has 0 atom stereocenters. The van der Waals surface area contributed by atoms with E-state index in [-0.39, 0.29) is 11.9 Å². The third kappa shape index (κ3) is 4.51. The van der Waals surface area contributed by atoms with E-state index in [0.29, 0.717) is 6.29 Å². The van der Waals surface area contributed by atoms with Crippen molar-refractivity contribution in [3.05, 3.63) is 0 Å². The molecule has 25 heavy (non-hydrogen) atoms. The van der Waals surface area contributed by atoms with Crippen LogP contribution in [-0.4, -0.2) is 71.4 Å². The van der Waals surface area contributed by atoms with Gasteiger partial charge in [0.05, 0.1) is 0 Å². The molecule has 0 saturated carbocycles. The number of hydrogen-bond donors (Lipinski definition) is 1. The first kappa shape index (κ1) is 24.2. The zero-order chi connectivity index (χ0) is 19.7. The molecule has 1 N–H and O–H groups in total. The molecule has 8 heteroatoms. The molecule has 0 rings (SSSR count). The summed E-state index contributed by atoms with van der Waals surface area (Å²) >= 11 is 0. The molecule has 0 aliphatic heterocycles. The van der Waals surface area contributed by atoms with E-state index in [1.165, 1.54) is 13.8 Å². The predicted octanol–water partition coefficient (Wildman–Crippen LogP) is 2.88. The summed E-state index contributed by atoms with van der Waals surface area (Å²) in [5.41, 5.74) is 0. The standard InChI is InChI=1S/C17H39N4O3P/c1-9-19(10-2)25(24-17(8)23,15-18-16(7)22,20(11-3)12-4)21(13-5)14-6/h9-15H2,1-8H3,(H,18,22). The van der Waals surface area contributed by atoms with Gasteiger partial charge in [-0.3, -0.25) is 0 Å². The van der Waals surface area contributed by atoms with Crippen LogP contribution in [0.15, 0.2) is 0 Å². The second-order valence-corrected chi connectivity index (χ2v) is 10.3. The maximum atomic E-state index is 12.3. The van der Waals surface area contributed by atoms with Crippen LogP contribution in [0.3, 0.4) is 0 Å². The summed E-state index contributed by atoms with van der Waals surface area (Å²) in [4.78, 5) is 24.2. The summed E-state index contributed by atoms with van der Waals surface area (Å²) < 4.78 is 13.2. The Kier molecular flexibility index (Phi) is 10.1. The molecule has 150 valence electrons. The van der Waals surface area contributed by atoms with Gasteiger partial charge in [-0.15, -0.1) is 0 Å². The number of nitrogens with one attached hydrogen (secondary N) is 1. The molecule has 0 aromatic carbocycles. The minimum atomic E-state index is -3.55. The van der Waals surface area contributed by atoms with Crippen molar-refractivity contribution in [2.75, 3.05) is 45.6 Å². The van der Waals surface area contributed by atoms with Crippen LogP contribution < -0.4 is 5.32 Å². The zero-order valence-electron chi connectivity index (χ0n) is 17.5. The molecular formula is C17H39N4O3P. The van der Waals surface area contributed by atoms with Gasteiger partial charge >= 0.3 is 154 Å². The Labute approximate surface area is 154 Å². The number of hydrogen-bond acceptors (Lipinski definition) is 6. The number of carbonyl (C=O) groups excluding carboxylic acids is 2. The van der Waals surface area contributed by atoms with Crippen LogP contribution in [0, 0.1) is 0 Å². The summed E-state index contributed by atoms with van der Waals surface area (Å²) in [7, 11) is -3.55. The monoisotopic (exact) mass is 378 g/mol. The predicted molar refractivity (Wildman–Crippen MR) is 106 cm³/mol. The van der Waals surface area contributed by atoms with E-state index in [0.717, 1.165) is 39.3 Å². The van der Waals surface area contributed by atoms with Gasteiger partial charge in [-0.1, -0.05) is 0 Å². The quantitative estimate of drug-likeness (QED) is 0.527. The molecule has 7 nitrogen and oxygen atoms in total. The van der Waals surface area contributed by atoms with Gasteiger partial charge < -0.3 is 0 Å². The molecule has 0 aliphatic carbocycles. The Morgan fingerprint density at radius 2 is 1.08 bits per heavy atom. The Morgan fingerprint density at radius 1 is 0.760 bits per heavy atom. The van der Waals surface area contributed by atoms with Crippen LogP contribution in [0.25, 0.3) is 0 Å². The fourth-order valence-corrected chi connectivity index (χ4v) is 10.5. The van der Waals surface area contributed by atoms with Gasteiger partial charge in [-0.2, -0.15) is 0 Å². The molecule has 0 heterocycles. The van der Waals surface area contributed by atoms with E-state index in [9.17, 15) is 9.59 Å². The number of nitrogens with zero attached hydrogens (tertiary/aromatic N) is 3. The first-order valence-electron chi connectivity index (χ1n) is 9.45. The molecule has 0 radical (unpaired) electrons. The van der Waals surface area contributed by atoms with Crippen LogP contribution in [0.5, 0.6) is 0 Å². The summed E-state index contributed by atoms with van der Waals surface area (Å²) in [6.07, 6.45) is 0.311. The average molecular weight is 378 g/mol. The van der Waals surface area contributed by atoms with Gasteiger partial charge in [0.15, 0.2) is 0 Å². The first-order chi connectivity index (χ1) is 11.7. The van der Waals surface area contributed by atoms with Gasteiger partial charge in [-0.25, -0.2) is 0 Å². The van der Waals surface area contributed by atoms with E-state index in [1.54, 1.807) is 0 Å². The summed E-state index contributed by atoms with van der Waals surface area (Å²) in [5, 5.41) is 3.00. The van der Waals surface area contributed by atoms with Crippen LogP contribution in [0.1, 0.15) is 55.4 Å². The van der Waals surface area contributed by atoms with Crippen LogP contribution >= 0.6 is 7.28 Å². The Bertz CT molecular complexity index is 402. The Morgan fingerprint density at radius 3 is 1.28 bits per heavy atom. The fourth-order valence-electron chi connectivity index (χ4n) is 3.93. The molecule has 0 spiro atoms. The van der Waals surface area contributed by atoms with E-state index in [1.807, 2.05) is 0 Å². The summed E-state index contributed by atoms with van der Waals surface area (Å²) in [5.74, 6) is -0.429. The van der Waals surface area contributed by atoms with Crippen molar-refractivity contribution in [2.45, 2.75) is 55.4 Å². The van der Waals surface area contributed by atoms with Crippen molar-refractivity contribution >= 4 is 19.2 Å². The Balaban J connectivity index is 6.90. The molecule has 0 aromatic rings. The molecule has 0 saturated heterocycles. The van der Waals surface area contributed by atoms with Crippen LogP contribution in [-0.2, 0) is 14.1 Å². The topological polar surface area (TPSA) is 65.1 Å². The third-order valence-corrected chi connectivity index (χ3v) is 11.3. The van der Waals surface area contributed by atoms with Crippen molar-refractivity contribution in [1.82, 2.24) is 19.3 Å². The molecule has 1 amide bonds. The summed E-state index contributed by atoms with van der Waals surface area (Å²) in [6.45, 7) is 19.8. The number of amides is 1. The van der Waals surface area contributed by atoms with Crippen LogP contribution in [0.2, 0.25) is 0 Å². The molecule has 0 bridgehead atoms. The number of rotatable bonds is 12. The van der Waals surface area contributed by atoms with Gasteiger partial charge in [-0.05, 0) is 0 Å². The number of carbonyl (C=O) groups is 2. The van der Waals surface area contributed by atoms with Gasteiger partial charge in [0, 0.05) is 0 Å². The summed E-state index contributed by atoms with van der Waals surface area (Å²) in [6, 6.07) is 0. The normalized spacial score (nSPS) is 13.8. The third-order valence-electron chi connectivity index (χ3n) is 4.82. The zero-order valence-corrected chi connectivity index (χ0v) is 18.4. The van der Waals surface area contributed by atoms with Crippen molar-refractivity contribution in [3.8, 4) is 0 Å². The first-order valence-corrected chi connectivity index (χ1v) is 11.7. The van der Waals surface area contributed by atoms with Gasteiger partial charge in [0.1, 0.15) is 0 Å². The second kappa shape index (κ2) is 10.4. The van der Waals surface area contributed by atoms with E-state index < -0.39 is 7.28 Å². The maximum absolute atomic E-state index is 12.3. The SMILES string of the molecule is CCN(CC)P(CNC(C)=O)(OC(C)=O)(N(CC)CC)N(CC)CC.